The molecule has 0 fully saturated rings. The molecule has 26 heavy (non-hydrogen) atoms. The van der Waals surface area contributed by atoms with E-state index >= 15 is 0 Å². The number of pyridine rings is 1. The van der Waals surface area contributed by atoms with Crippen LogP contribution in [-0.2, 0) is 7.05 Å². The summed E-state index contributed by atoms with van der Waals surface area (Å²) in [6.07, 6.45) is 0. The van der Waals surface area contributed by atoms with Gasteiger partial charge >= 0.3 is 0 Å². The fourth-order valence-corrected chi connectivity index (χ4v) is 3.96. The van der Waals surface area contributed by atoms with Crippen molar-refractivity contribution in [3.63, 3.8) is 0 Å². The number of hydrogen-bond donors (Lipinski definition) is 1. The summed E-state index contributed by atoms with van der Waals surface area (Å²) < 4.78 is 8.16. The second-order valence-electron chi connectivity index (χ2n) is 6.07. The first-order valence-electron chi connectivity index (χ1n) is 7.98. The molecule has 4 rings (SSSR count). The lowest BCUT2D eigenvalue weighted by Gasteiger charge is -2.28. The van der Waals surface area contributed by atoms with E-state index in [1.165, 1.54) is 0 Å². The zero-order chi connectivity index (χ0) is 18.4. The van der Waals surface area contributed by atoms with Gasteiger partial charge in [0.05, 0.1) is 17.0 Å². The van der Waals surface area contributed by atoms with Crippen molar-refractivity contribution < 1.29 is 4.74 Å². The van der Waals surface area contributed by atoms with Gasteiger partial charge in [0.1, 0.15) is 17.4 Å². The monoisotopic (exact) mass is 407 g/mol. The third kappa shape index (κ3) is 2.25. The summed E-state index contributed by atoms with van der Waals surface area (Å²) in [5, 5.41) is 10.5. The van der Waals surface area contributed by atoms with Gasteiger partial charge in [0.2, 0.25) is 5.88 Å². The number of halogens is 1. The summed E-state index contributed by atoms with van der Waals surface area (Å²) in [5.74, 6) is -0.150. The van der Waals surface area contributed by atoms with Crippen LogP contribution >= 0.6 is 15.9 Å². The molecule has 0 aliphatic carbocycles. The van der Waals surface area contributed by atoms with Crippen LogP contribution in [0.5, 0.6) is 5.75 Å². The van der Waals surface area contributed by atoms with E-state index in [1.807, 2.05) is 48.5 Å². The number of benzene rings is 2. The van der Waals surface area contributed by atoms with Gasteiger partial charge in [0, 0.05) is 16.9 Å². The fraction of sp³-hybridized carbons (Fsp3) is 0.100. The van der Waals surface area contributed by atoms with Gasteiger partial charge in [-0.2, -0.15) is 5.26 Å². The Morgan fingerprint density at radius 1 is 1.19 bits per heavy atom. The molecule has 2 aromatic carbocycles. The van der Waals surface area contributed by atoms with Crippen molar-refractivity contribution >= 4 is 26.8 Å². The van der Waals surface area contributed by atoms with Crippen LogP contribution in [0, 0.1) is 11.3 Å². The van der Waals surface area contributed by atoms with Gasteiger partial charge < -0.3 is 15.0 Å². The van der Waals surface area contributed by atoms with Crippen LogP contribution in [0.25, 0.3) is 10.9 Å². The number of ether oxygens (including phenoxy) is 1. The minimum absolute atomic E-state index is 0.0270. The first kappa shape index (κ1) is 16.4. The van der Waals surface area contributed by atoms with Crippen LogP contribution in [0.15, 0.2) is 69.3 Å². The first-order valence-corrected chi connectivity index (χ1v) is 8.77. The Balaban J connectivity index is 2.16. The van der Waals surface area contributed by atoms with Gasteiger partial charge in [0.25, 0.3) is 5.56 Å². The van der Waals surface area contributed by atoms with E-state index < -0.39 is 5.92 Å². The van der Waals surface area contributed by atoms with Crippen molar-refractivity contribution in [2.24, 2.45) is 12.8 Å². The molecule has 0 radical (unpaired) electrons. The van der Waals surface area contributed by atoms with Gasteiger partial charge in [-0.15, -0.1) is 0 Å². The predicted octanol–water partition coefficient (Wildman–Crippen LogP) is 3.52. The molecule has 0 spiro atoms. The minimum atomic E-state index is -0.595. The number of para-hydroxylation sites is 1. The molecule has 1 atom stereocenters. The smallest absolute Gasteiger partial charge is 0.258 e. The maximum Gasteiger partial charge on any atom is 0.258 e. The number of allylic oxidation sites excluding steroid dienone is 1. The predicted molar refractivity (Wildman–Crippen MR) is 103 cm³/mol. The standard InChI is InChI=1S/C20H14BrN3O2/c1-24-15-9-5-3-7-12(15)18-17(20(24)25)16(13(10-22)19(23)26-18)11-6-2-4-8-14(11)21/h2-9,16H,23H2,1H3/t16-/m0/s1. The summed E-state index contributed by atoms with van der Waals surface area (Å²) in [7, 11) is 1.72. The highest BCUT2D eigenvalue weighted by Gasteiger charge is 2.35. The Kier molecular flexibility index (Phi) is 3.82. The number of aromatic nitrogens is 1. The first-order chi connectivity index (χ1) is 12.5. The zero-order valence-electron chi connectivity index (χ0n) is 13.9. The number of fused-ring (bicyclic) bond motifs is 3. The van der Waals surface area contributed by atoms with Crippen LogP contribution in [0.2, 0.25) is 0 Å². The Hall–Kier alpha value is -3.04. The number of nitrogens with zero attached hydrogens (tertiary/aromatic N) is 2. The number of hydrogen-bond acceptors (Lipinski definition) is 4. The molecule has 1 aliphatic heterocycles. The van der Waals surface area contributed by atoms with Crippen LogP contribution < -0.4 is 16.0 Å². The summed E-state index contributed by atoms with van der Waals surface area (Å²) in [5.41, 5.74) is 8.06. The number of nitrogens with two attached hydrogens (primary N) is 1. The quantitative estimate of drug-likeness (QED) is 0.668. The SMILES string of the molecule is Cn1c(=O)c2c(c3ccccc31)OC(N)=C(C#N)[C@@H]2c1ccccc1Br. The molecule has 2 N–H and O–H groups in total. The molecule has 0 saturated carbocycles. The maximum atomic E-state index is 13.2. The minimum Gasteiger partial charge on any atom is -0.439 e. The highest BCUT2D eigenvalue weighted by Crippen LogP contribution is 2.44. The van der Waals surface area contributed by atoms with Crippen molar-refractivity contribution in [1.29, 1.82) is 5.26 Å². The molecule has 0 unspecified atom stereocenters. The average Bonchev–Trinajstić information content (AvgIpc) is 2.65. The Bertz CT molecular complexity index is 1190. The summed E-state index contributed by atoms with van der Waals surface area (Å²) >= 11 is 3.53. The van der Waals surface area contributed by atoms with Crippen molar-refractivity contribution in [3.05, 3.63) is 85.9 Å². The average molecular weight is 408 g/mol. The molecule has 1 aromatic heterocycles. The molecule has 0 bridgehead atoms. The molecule has 0 amide bonds. The van der Waals surface area contributed by atoms with Crippen molar-refractivity contribution in [1.82, 2.24) is 4.57 Å². The van der Waals surface area contributed by atoms with E-state index in [2.05, 4.69) is 22.0 Å². The van der Waals surface area contributed by atoms with E-state index in [-0.39, 0.29) is 17.0 Å². The molecule has 5 nitrogen and oxygen atoms in total. The molecular weight excluding hydrogens is 394 g/mol. The molecule has 1 aliphatic rings. The number of aryl methyl sites for hydroxylation is 1. The van der Waals surface area contributed by atoms with Gasteiger partial charge in [-0.3, -0.25) is 4.79 Å². The van der Waals surface area contributed by atoms with Gasteiger partial charge in [0.15, 0.2) is 0 Å². The number of nitriles is 1. The normalized spacial score (nSPS) is 16.1. The zero-order valence-corrected chi connectivity index (χ0v) is 15.4. The Labute approximate surface area is 158 Å². The fourth-order valence-electron chi connectivity index (χ4n) is 3.45. The lowest BCUT2D eigenvalue weighted by Crippen LogP contribution is -2.31. The number of rotatable bonds is 1. The second-order valence-corrected chi connectivity index (χ2v) is 6.92. The van der Waals surface area contributed by atoms with Crippen LogP contribution in [-0.4, -0.2) is 4.57 Å². The third-order valence-corrected chi connectivity index (χ3v) is 5.40. The molecule has 3 aromatic rings. The molecule has 2 heterocycles. The van der Waals surface area contributed by atoms with Gasteiger partial charge in [-0.25, -0.2) is 0 Å². The van der Waals surface area contributed by atoms with Crippen molar-refractivity contribution in [2.45, 2.75) is 5.92 Å². The van der Waals surface area contributed by atoms with E-state index in [4.69, 9.17) is 10.5 Å². The lowest BCUT2D eigenvalue weighted by molar-refractivity contribution is 0.396. The van der Waals surface area contributed by atoms with Crippen LogP contribution in [0.3, 0.4) is 0 Å². The van der Waals surface area contributed by atoms with Crippen molar-refractivity contribution in [2.75, 3.05) is 0 Å². The topological polar surface area (TPSA) is 81.0 Å². The van der Waals surface area contributed by atoms with E-state index in [0.717, 1.165) is 20.9 Å². The Morgan fingerprint density at radius 2 is 1.88 bits per heavy atom. The molecule has 6 heteroatoms. The second kappa shape index (κ2) is 6.04. The summed E-state index contributed by atoms with van der Waals surface area (Å²) in [6, 6.07) is 17.1. The Morgan fingerprint density at radius 3 is 2.62 bits per heavy atom. The van der Waals surface area contributed by atoms with Crippen LogP contribution in [0.4, 0.5) is 0 Å². The molecule has 0 saturated heterocycles. The molecule has 128 valence electrons. The summed E-state index contributed by atoms with van der Waals surface area (Å²) in [6.45, 7) is 0. The van der Waals surface area contributed by atoms with E-state index in [1.54, 1.807) is 11.6 Å². The molecular formula is C20H14BrN3O2. The third-order valence-electron chi connectivity index (χ3n) is 4.68. The van der Waals surface area contributed by atoms with Gasteiger partial charge in [-0.05, 0) is 23.8 Å². The van der Waals surface area contributed by atoms with Crippen molar-refractivity contribution in [3.8, 4) is 11.8 Å². The van der Waals surface area contributed by atoms with Crippen LogP contribution in [0.1, 0.15) is 17.0 Å². The summed E-state index contributed by atoms with van der Waals surface area (Å²) in [4.78, 5) is 13.2. The van der Waals surface area contributed by atoms with E-state index in [9.17, 15) is 10.1 Å². The largest absolute Gasteiger partial charge is 0.439 e. The lowest BCUT2D eigenvalue weighted by atomic mass is 9.83. The maximum absolute atomic E-state index is 13.2. The van der Waals surface area contributed by atoms with E-state index in [0.29, 0.717) is 11.3 Å². The highest BCUT2D eigenvalue weighted by molar-refractivity contribution is 9.10. The van der Waals surface area contributed by atoms with Gasteiger partial charge in [-0.1, -0.05) is 46.3 Å². The highest BCUT2D eigenvalue weighted by atomic mass is 79.9.